The predicted molar refractivity (Wildman–Crippen MR) is 225 cm³/mol. The minimum atomic E-state index is -4.62. The lowest BCUT2D eigenvalue weighted by atomic mass is 10.0. The predicted octanol–water partition coefficient (Wildman–Crippen LogP) is -0.421. The largest absolute Gasteiger partial charge is 0.472 e. The van der Waals surface area contributed by atoms with E-state index in [1.807, 2.05) is 13.8 Å². The van der Waals surface area contributed by atoms with Gasteiger partial charge in [0, 0.05) is 38.4 Å². The Labute approximate surface area is 363 Å². The van der Waals surface area contributed by atoms with Crippen LogP contribution in [0.4, 0.5) is 0 Å². The fraction of sp³-hybridized carbons (Fsp3) is 0.718. The molecule has 6 amide bonds. The topological polar surface area (TPSA) is 323 Å². The van der Waals surface area contributed by atoms with Crippen LogP contribution in [0, 0.1) is 11.8 Å². The van der Waals surface area contributed by atoms with Crippen LogP contribution in [0.3, 0.4) is 0 Å². The third-order valence-corrected chi connectivity index (χ3v) is 9.96. The van der Waals surface area contributed by atoms with Gasteiger partial charge in [-0.2, -0.15) is 0 Å². The molecule has 2 heterocycles. The highest BCUT2D eigenvalue weighted by atomic mass is 31.2. The number of aromatic amines is 1. The molecule has 22 nitrogen and oxygen atoms in total. The third kappa shape index (κ3) is 20.3. The first-order valence-electron chi connectivity index (χ1n) is 20.3. The van der Waals surface area contributed by atoms with Crippen molar-refractivity contribution in [1.82, 2.24) is 36.1 Å². The molecule has 0 aromatic carbocycles. The molecular formula is C39H69N8O14P. The van der Waals surface area contributed by atoms with Crippen molar-refractivity contribution in [2.75, 3.05) is 40.1 Å². The van der Waals surface area contributed by atoms with E-state index < -0.39 is 97.9 Å². The maximum Gasteiger partial charge on any atom is 0.472 e. The van der Waals surface area contributed by atoms with Gasteiger partial charge in [-0.1, -0.05) is 40.7 Å². The van der Waals surface area contributed by atoms with Crippen LogP contribution in [0.1, 0.15) is 80.3 Å². The van der Waals surface area contributed by atoms with Crippen molar-refractivity contribution < 1.29 is 67.0 Å². The minimum Gasteiger partial charge on any atom is -0.394 e. The number of carbonyl (C=O) groups is 6. The van der Waals surface area contributed by atoms with Gasteiger partial charge in [0.15, 0.2) is 0 Å². The maximum absolute atomic E-state index is 13.9. The second kappa shape index (κ2) is 27.0. The molecule has 1 unspecified atom stereocenters. The molecular weight excluding hydrogens is 835 g/mol. The first kappa shape index (κ1) is 55.7. The second-order valence-corrected chi connectivity index (χ2v) is 17.9. The Kier molecular flexibility index (Phi) is 24.3. The number of aliphatic hydroxyl groups is 2. The number of primary amides is 1. The van der Waals surface area contributed by atoms with Crippen LogP contribution in [0.25, 0.3) is 0 Å². The lowest BCUT2D eigenvalue weighted by molar-refractivity contribution is -0.141. The summed E-state index contributed by atoms with van der Waals surface area (Å²) in [5, 5.41) is 29.4. The van der Waals surface area contributed by atoms with E-state index in [1.165, 1.54) is 23.5 Å². The first-order chi connectivity index (χ1) is 28.9. The third-order valence-electron chi connectivity index (χ3n) is 8.90. The fourth-order valence-corrected chi connectivity index (χ4v) is 6.40. The van der Waals surface area contributed by atoms with Gasteiger partial charge in [-0.15, -0.1) is 6.58 Å². The van der Waals surface area contributed by atoms with Gasteiger partial charge in [0.1, 0.15) is 30.2 Å². The van der Waals surface area contributed by atoms with E-state index in [9.17, 15) is 48.4 Å². The highest BCUT2D eigenvalue weighted by Crippen LogP contribution is 2.43. The summed E-state index contributed by atoms with van der Waals surface area (Å²) in [7, 11) is -3.74. The van der Waals surface area contributed by atoms with Crippen molar-refractivity contribution in [3.63, 3.8) is 0 Å². The maximum atomic E-state index is 13.9. The Hall–Kier alpha value is -4.28. The number of phosphoric acid groups is 1. The number of likely N-dealkylation sites (tertiary alicyclic amines) is 1. The molecule has 1 fully saturated rings. The van der Waals surface area contributed by atoms with E-state index in [4.69, 9.17) is 19.7 Å². The summed E-state index contributed by atoms with van der Waals surface area (Å²) in [5.41, 5.74) is 4.87. The normalized spacial score (nSPS) is 18.6. The summed E-state index contributed by atoms with van der Waals surface area (Å²) in [6.45, 7) is 17.2. The number of aromatic nitrogens is 2. The molecule has 23 heteroatoms. The zero-order valence-corrected chi connectivity index (χ0v) is 38.1. The number of aliphatic hydroxyl groups excluding tert-OH is 2. The van der Waals surface area contributed by atoms with E-state index in [2.05, 4.69) is 63.1 Å². The van der Waals surface area contributed by atoms with Crippen molar-refractivity contribution in [1.29, 1.82) is 0 Å². The monoisotopic (exact) mass is 904 g/mol. The van der Waals surface area contributed by atoms with Gasteiger partial charge in [-0.3, -0.25) is 37.8 Å². The molecule has 0 bridgehead atoms. The fourth-order valence-electron chi connectivity index (χ4n) is 5.77. The molecule has 10 N–H and O–H groups in total. The lowest BCUT2D eigenvalue weighted by Gasteiger charge is -2.29. The number of H-pyrrole nitrogens is 1. The molecule has 62 heavy (non-hydrogen) atoms. The van der Waals surface area contributed by atoms with Crippen LogP contribution in [-0.4, -0.2) is 154 Å². The summed E-state index contributed by atoms with van der Waals surface area (Å²) >= 11 is 0. The Morgan fingerprint density at radius 3 is 2.13 bits per heavy atom. The van der Waals surface area contributed by atoms with E-state index in [-0.39, 0.29) is 58.0 Å². The molecule has 0 spiro atoms. The highest BCUT2D eigenvalue weighted by Gasteiger charge is 2.42. The highest BCUT2D eigenvalue weighted by molar-refractivity contribution is 7.47. The lowest BCUT2D eigenvalue weighted by Crippen LogP contribution is -2.61. The molecule has 1 aromatic heterocycles. The molecule has 2 rings (SSSR count). The van der Waals surface area contributed by atoms with Gasteiger partial charge in [-0.25, -0.2) is 9.55 Å². The van der Waals surface area contributed by atoms with Gasteiger partial charge in [-0.05, 0) is 39.0 Å². The number of imidazole rings is 1. The molecule has 1 aliphatic heterocycles. The number of nitrogens with two attached hydrogens (primary N) is 1. The Balaban J connectivity index is 0.00000459. The average molecular weight is 905 g/mol. The van der Waals surface area contributed by atoms with E-state index in [1.54, 1.807) is 13.8 Å². The molecule has 1 aromatic rings. The molecule has 0 saturated carbocycles. The number of nitrogens with zero attached hydrogens (tertiary/aromatic N) is 2. The average Bonchev–Trinajstić information content (AvgIpc) is 3.87. The van der Waals surface area contributed by atoms with Crippen LogP contribution in [0.5, 0.6) is 0 Å². The van der Waals surface area contributed by atoms with Crippen LogP contribution in [0.2, 0.25) is 0 Å². The number of hydrogen-bond donors (Lipinski definition) is 9. The number of rotatable bonds is 26. The first-order valence-corrected chi connectivity index (χ1v) is 21.8. The number of phosphoric ester groups is 1. The van der Waals surface area contributed by atoms with E-state index >= 15 is 0 Å². The van der Waals surface area contributed by atoms with Gasteiger partial charge in [0.25, 0.3) is 0 Å². The number of hydrogen-bond acceptors (Lipinski definition) is 14. The van der Waals surface area contributed by atoms with Crippen LogP contribution >= 0.6 is 7.82 Å². The molecule has 1 saturated heterocycles. The molecule has 0 aliphatic carbocycles. The van der Waals surface area contributed by atoms with Crippen LogP contribution < -0.4 is 27.0 Å². The van der Waals surface area contributed by atoms with Crippen molar-refractivity contribution in [2.24, 2.45) is 17.6 Å². The van der Waals surface area contributed by atoms with Gasteiger partial charge in [0.05, 0.1) is 57.0 Å². The standard InChI is InChI=1S/C35H59N8O14P.C4H10/c1-8-10-55-23-14-27(43(16-23)28(46)9-11-56-35(5,6)18-45)34(51)40-24(12-20(2)3)31(48)39-25(13-22-15-37-19-38-22)32(49)41-26(17-44)33(50)42-29(30(36)47)21(4)57-58(52,53)54-7;1-4(2)3/h8,15,19-21,23-27,29,44-45H,1,9-14,16-18H2,2-7H3,(H2,36,47)(H,37,38)(H,39,48)(H,40,51)(H,41,49)(H,42,50)(H,52,53);4H,1-3H3/t21-,23+,24+,25+,26+,27+,29+;/m1./s1. The van der Waals surface area contributed by atoms with Crippen molar-refractivity contribution in [2.45, 2.75) is 129 Å². The number of amides is 6. The van der Waals surface area contributed by atoms with Crippen molar-refractivity contribution in [3.8, 4) is 0 Å². The zero-order chi connectivity index (χ0) is 47.4. The Morgan fingerprint density at radius 1 is 1.02 bits per heavy atom. The molecule has 0 radical (unpaired) electrons. The van der Waals surface area contributed by atoms with Crippen LogP contribution in [-0.2, 0) is 58.3 Å². The van der Waals surface area contributed by atoms with Gasteiger partial charge < -0.3 is 61.5 Å². The summed E-state index contributed by atoms with van der Waals surface area (Å²) in [5.74, 6) is -4.43. The second-order valence-electron chi connectivity index (χ2n) is 16.4. The molecule has 354 valence electrons. The smallest absolute Gasteiger partial charge is 0.394 e. The molecule has 1 aliphatic rings. The minimum absolute atomic E-state index is 0.0209. The number of nitrogens with one attached hydrogen (secondary N) is 5. The number of ether oxygens (including phenoxy) is 2. The van der Waals surface area contributed by atoms with Crippen LogP contribution in [0.15, 0.2) is 25.2 Å². The van der Waals surface area contributed by atoms with E-state index in [0.29, 0.717) is 5.69 Å². The van der Waals surface area contributed by atoms with Gasteiger partial charge in [0.2, 0.25) is 35.4 Å². The quantitative estimate of drug-likeness (QED) is 0.0421. The van der Waals surface area contributed by atoms with Crippen molar-refractivity contribution >= 4 is 43.3 Å². The SMILES string of the molecule is C=CCO[C@H]1C[C@@H](C(=O)N[C@@H](CC(C)C)C(=O)N[C@@H](Cc2cnc[nH]2)C(=O)N[C@@H](CO)C(=O)N[C@H](C(N)=O)[C@@H](C)OP(=O)(O)OC)N(C(=O)CCOC(C)(C)CO)C1.CC(C)C. The zero-order valence-electron chi connectivity index (χ0n) is 37.3. The summed E-state index contributed by atoms with van der Waals surface area (Å²) in [6.07, 6.45) is 2.19. The van der Waals surface area contributed by atoms with Gasteiger partial charge >= 0.3 is 7.82 Å². The summed E-state index contributed by atoms with van der Waals surface area (Å²) < 4.78 is 32.4. The molecule has 8 atom stereocenters. The summed E-state index contributed by atoms with van der Waals surface area (Å²) in [4.78, 5) is 97.9. The van der Waals surface area contributed by atoms with E-state index in [0.717, 1.165) is 20.0 Å². The Morgan fingerprint density at radius 2 is 1.61 bits per heavy atom. The Bertz CT molecular complexity index is 1640. The number of carbonyl (C=O) groups excluding carboxylic acids is 6. The van der Waals surface area contributed by atoms with Crippen molar-refractivity contribution in [3.05, 3.63) is 30.9 Å². The summed E-state index contributed by atoms with van der Waals surface area (Å²) in [6, 6.07) is -7.11.